The topological polar surface area (TPSA) is 93.9 Å². The molecule has 0 bridgehead atoms. The summed E-state index contributed by atoms with van der Waals surface area (Å²) in [6.45, 7) is 5.67. The van der Waals surface area contributed by atoms with Gasteiger partial charge in [-0.3, -0.25) is 4.79 Å². The molecule has 1 aromatic carbocycles. The number of nitrogens with one attached hydrogen (secondary N) is 1. The van der Waals surface area contributed by atoms with E-state index in [0.717, 1.165) is 0 Å². The Balaban J connectivity index is 2.10. The van der Waals surface area contributed by atoms with Gasteiger partial charge in [0.1, 0.15) is 11.4 Å². The van der Waals surface area contributed by atoms with Crippen LogP contribution in [0.25, 0.3) is 0 Å². The number of ether oxygens (including phenoxy) is 2. The average molecular weight is 321 g/mol. The van der Waals surface area contributed by atoms with E-state index in [4.69, 9.17) is 15.2 Å². The highest BCUT2D eigenvalue weighted by Gasteiger charge is 2.51. The zero-order chi connectivity index (χ0) is 17.3. The lowest BCUT2D eigenvalue weighted by Gasteiger charge is -2.48. The van der Waals surface area contributed by atoms with Crippen LogP contribution in [0.15, 0.2) is 24.3 Å². The molecule has 1 heterocycles. The number of rotatable bonds is 4. The Bertz CT molecular complexity index is 604. The van der Waals surface area contributed by atoms with Gasteiger partial charge in [-0.2, -0.15) is 0 Å². The van der Waals surface area contributed by atoms with Crippen LogP contribution in [0.5, 0.6) is 5.75 Å². The minimum atomic E-state index is -1.02. The molecule has 126 valence electrons. The number of nitrogens with two attached hydrogens (primary N) is 1. The van der Waals surface area contributed by atoms with E-state index in [1.165, 1.54) is 4.90 Å². The highest BCUT2D eigenvalue weighted by molar-refractivity contribution is 5.92. The van der Waals surface area contributed by atoms with Crippen molar-refractivity contribution in [2.45, 2.75) is 31.9 Å². The number of benzene rings is 1. The summed E-state index contributed by atoms with van der Waals surface area (Å²) in [6, 6.07) is 7.22. The number of hydrogen-bond donors (Lipinski definition) is 2. The third-order valence-electron chi connectivity index (χ3n) is 3.53. The lowest BCUT2D eigenvalue weighted by atomic mass is 9.88. The van der Waals surface area contributed by atoms with Crippen molar-refractivity contribution in [3.63, 3.8) is 0 Å². The van der Waals surface area contributed by atoms with Gasteiger partial charge in [-0.1, -0.05) is 12.1 Å². The first-order valence-corrected chi connectivity index (χ1v) is 7.36. The Morgan fingerprint density at radius 2 is 1.87 bits per heavy atom. The summed E-state index contributed by atoms with van der Waals surface area (Å²) in [5.74, 6) is 0.0760. The van der Waals surface area contributed by atoms with Gasteiger partial charge in [0.15, 0.2) is 5.54 Å². The molecule has 7 nitrogen and oxygen atoms in total. The Kier molecular flexibility index (Phi) is 4.40. The largest absolute Gasteiger partial charge is 0.495 e. The van der Waals surface area contributed by atoms with Gasteiger partial charge in [-0.25, -0.2) is 4.79 Å². The van der Waals surface area contributed by atoms with Gasteiger partial charge in [-0.15, -0.1) is 0 Å². The summed E-state index contributed by atoms with van der Waals surface area (Å²) >= 11 is 0. The number of carbonyl (C=O) groups excluding carboxylic acids is 2. The normalized spacial score (nSPS) is 16.3. The van der Waals surface area contributed by atoms with E-state index >= 15 is 0 Å². The maximum Gasteiger partial charge on any atom is 0.410 e. The van der Waals surface area contributed by atoms with Crippen LogP contribution < -0.4 is 15.8 Å². The first-order valence-electron chi connectivity index (χ1n) is 7.36. The maximum absolute atomic E-state index is 12.0. The minimum Gasteiger partial charge on any atom is -0.495 e. The van der Waals surface area contributed by atoms with Crippen molar-refractivity contribution in [3.05, 3.63) is 24.3 Å². The van der Waals surface area contributed by atoms with Gasteiger partial charge >= 0.3 is 6.09 Å². The van der Waals surface area contributed by atoms with Crippen LogP contribution >= 0.6 is 0 Å². The average Bonchev–Trinajstić information content (AvgIpc) is 2.40. The van der Waals surface area contributed by atoms with Crippen LogP contribution in [-0.2, 0) is 9.53 Å². The third kappa shape index (κ3) is 3.67. The minimum absolute atomic E-state index is 0.148. The second-order valence-electron chi connectivity index (χ2n) is 6.61. The Labute approximate surface area is 135 Å². The summed E-state index contributed by atoms with van der Waals surface area (Å²) in [7, 11) is 1.55. The second-order valence-corrected chi connectivity index (χ2v) is 6.61. The highest BCUT2D eigenvalue weighted by atomic mass is 16.6. The van der Waals surface area contributed by atoms with Crippen LogP contribution in [0.2, 0.25) is 0 Å². The molecule has 23 heavy (non-hydrogen) atoms. The molecule has 1 aliphatic heterocycles. The SMILES string of the molecule is COc1ccccc1NC1(C(N)=O)CN(C(=O)OC(C)(C)C)C1. The standard InChI is InChI=1S/C16H23N3O4/c1-15(2,3)23-14(21)19-9-16(10-19,13(17)20)18-11-7-5-6-8-12(11)22-4/h5-8,18H,9-10H2,1-4H3,(H2,17,20). The molecule has 0 unspecified atom stereocenters. The quantitative estimate of drug-likeness (QED) is 0.878. The van der Waals surface area contributed by atoms with Crippen molar-refractivity contribution in [2.24, 2.45) is 5.73 Å². The van der Waals surface area contributed by atoms with Gasteiger partial charge in [0.05, 0.1) is 25.9 Å². The van der Waals surface area contributed by atoms with Gasteiger partial charge in [0, 0.05) is 0 Å². The molecule has 0 atom stereocenters. The molecule has 3 N–H and O–H groups in total. The van der Waals surface area contributed by atoms with Crippen molar-refractivity contribution in [2.75, 3.05) is 25.5 Å². The first-order chi connectivity index (χ1) is 10.7. The number of para-hydroxylation sites is 2. The molecule has 0 aromatic heterocycles. The number of anilines is 1. The molecule has 1 aliphatic rings. The van der Waals surface area contributed by atoms with Gasteiger partial charge in [0.25, 0.3) is 0 Å². The highest BCUT2D eigenvalue weighted by Crippen LogP contribution is 2.32. The summed E-state index contributed by atoms with van der Waals surface area (Å²) < 4.78 is 10.6. The van der Waals surface area contributed by atoms with E-state index in [0.29, 0.717) is 11.4 Å². The molecule has 1 fully saturated rings. The Morgan fingerprint density at radius 1 is 1.26 bits per heavy atom. The molecule has 0 spiro atoms. The summed E-state index contributed by atoms with van der Waals surface area (Å²) in [5.41, 5.74) is 4.58. The van der Waals surface area contributed by atoms with E-state index in [1.807, 2.05) is 12.1 Å². The summed E-state index contributed by atoms with van der Waals surface area (Å²) in [4.78, 5) is 25.4. The number of likely N-dealkylation sites (tertiary alicyclic amines) is 1. The molecule has 1 aromatic rings. The molecule has 7 heteroatoms. The predicted octanol–water partition coefficient (Wildman–Crippen LogP) is 1.58. The molecule has 0 saturated carbocycles. The van der Waals surface area contributed by atoms with Crippen molar-refractivity contribution in [1.82, 2.24) is 4.90 Å². The Hall–Kier alpha value is -2.44. The lowest BCUT2D eigenvalue weighted by molar-refractivity contribution is -0.127. The van der Waals surface area contributed by atoms with Crippen LogP contribution in [0.4, 0.5) is 10.5 Å². The lowest BCUT2D eigenvalue weighted by Crippen LogP contribution is -2.73. The molecule has 1 saturated heterocycles. The van der Waals surface area contributed by atoms with Crippen LogP contribution in [-0.4, -0.2) is 48.2 Å². The predicted molar refractivity (Wildman–Crippen MR) is 86.3 cm³/mol. The van der Waals surface area contributed by atoms with Crippen molar-refractivity contribution in [3.8, 4) is 5.75 Å². The first kappa shape index (κ1) is 16.9. The number of nitrogens with zero attached hydrogens (tertiary/aromatic N) is 1. The Morgan fingerprint density at radius 3 is 2.39 bits per heavy atom. The van der Waals surface area contributed by atoms with Crippen molar-refractivity contribution >= 4 is 17.7 Å². The number of primary amides is 1. The third-order valence-corrected chi connectivity index (χ3v) is 3.53. The molecule has 2 amide bonds. The number of hydrogen-bond acceptors (Lipinski definition) is 5. The number of methoxy groups -OCH3 is 1. The molecule has 2 rings (SSSR count). The fourth-order valence-electron chi connectivity index (χ4n) is 2.36. The molecule has 0 aliphatic carbocycles. The second kappa shape index (κ2) is 5.98. The van der Waals surface area contributed by atoms with Crippen molar-refractivity contribution in [1.29, 1.82) is 0 Å². The van der Waals surface area contributed by atoms with Gasteiger partial charge < -0.3 is 25.4 Å². The van der Waals surface area contributed by atoms with E-state index < -0.39 is 23.1 Å². The van der Waals surface area contributed by atoms with E-state index in [2.05, 4.69) is 5.32 Å². The fraction of sp³-hybridized carbons (Fsp3) is 0.500. The number of carbonyl (C=O) groups is 2. The zero-order valence-electron chi connectivity index (χ0n) is 13.9. The van der Waals surface area contributed by atoms with E-state index in [1.54, 1.807) is 40.0 Å². The summed E-state index contributed by atoms with van der Waals surface area (Å²) in [5, 5.41) is 3.11. The van der Waals surface area contributed by atoms with Gasteiger partial charge in [0.2, 0.25) is 5.91 Å². The summed E-state index contributed by atoms with van der Waals surface area (Å²) in [6.07, 6.45) is -0.462. The van der Waals surface area contributed by atoms with Gasteiger partial charge in [-0.05, 0) is 32.9 Å². The monoisotopic (exact) mass is 321 g/mol. The fourth-order valence-corrected chi connectivity index (χ4v) is 2.36. The van der Waals surface area contributed by atoms with Crippen molar-refractivity contribution < 1.29 is 19.1 Å². The van der Waals surface area contributed by atoms with E-state index in [9.17, 15) is 9.59 Å². The van der Waals surface area contributed by atoms with Crippen LogP contribution in [0.1, 0.15) is 20.8 Å². The van der Waals surface area contributed by atoms with E-state index in [-0.39, 0.29) is 13.1 Å². The molecule has 0 radical (unpaired) electrons. The number of amides is 2. The maximum atomic E-state index is 12.0. The smallest absolute Gasteiger partial charge is 0.410 e. The molecular weight excluding hydrogens is 298 g/mol. The molecular formula is C16H23N3O4. The van der Waals surface area contributed by atoms with Crippen LogP contribution in [0, 0.1) is 0 Å². The zero-order valence-corrected chi connectivity index (χ0v) is 13.9. The van der Waals surface area contributed by atoms with Crippen LogP contribution in [0.3, 0.4) is 0 Å².